The number of carbonyl (C=O) groups excluding carboxylic acids is 1. The van der Waals surface area contributed by atoms with Gasteiger partial charge in [0.15, 0.2) is 0 Å². The third-order valence-corrected chi connectivity index (χ3v) is 5.67. The lowest BCUT2D eigenvalue weighted by Gasteiger charge is -2.23. The van der Waals surface area contributed by atoms with E-state index in [9.17, 15) is 9.90 Å². The fourth-order valence-corrected chi connectivity index (χ4v) is 4.01. The third kappa shape index (κ3) is 7.66. The summed E-state index contributed by atoms with van der Waals surface area (Å²) in [6.07, 6.45) is 2.09. The number of hydrogen-bond acceptors (Lipinski definition) is 3. The van der Waals surface area contributed by atoms with Crippen molar-refractivity contribution in [1.82, 2.24) is 0 Å². The van der Waals surface area contributed by atoms with Gasteiger partial charge in [-0.25, -0.2) is 0 Å². The smallest absolute Gasteiger partial charge is 0.224 e. The molecule has 0 bridgehead atoms. The second kappa shape index (κ2) is 10.9. The van der Waals surface area contributed by atoms with Crippen molar-refractivity contribution in [2.75, 3.05) is 5.32 Å². The van der Waals surface area contributed by atoms with Crippen LogP contribution in [0.25, 0.3) is 5.57 Å². The van der Waals surface area contributed by atoms with Crippen LogP contribution in [-0.4, -0.2) is 17.1 Å². The van der Waals surface area contributed by atoms with Crippen molar-refractivity contribution in [3.8, 4) is 11.5 Å². The standard InChI is InChI=1S/C29H41NO3/c1-18(2)14-21(6)33-26-12-11-23(15-20(26)5)30-27(31)13-10-22-16-24(19(3)4)28(32)25(17-22)29(7,8)9/h11-12,15-18,21,32H,3,10,13-14H2,1-2,4-9H3,(H,30,31). The van der Waals surface area contributed by atoms with Gasteiger partial charge in [-0.3, -0.25) is 4.79 Å². The van der Waals surface area contributed by atoms with Crippen molar-refractivity contribution < 1.29 is 14.6 Å². The summed E-state index contributed by atoms with van der Waals surface area (Å²) in [6.45, 7) is 20.6. The molecule has 1 atom stereocenters. The van der Waals surface area contributed by atoms with Crippen LogP contribution in [0.3, 0.4) is 0 Å². The molecule has 33 heavy (non-hydrogen) atoms. The lowest BCUT2D eigenvalue weighted by Crippen LogP contribution is -2.16. The number of anilines is 1. The molecule has 0 aliphatic heterocycles. The molecule has 0 aliphatic rings. The van der Waals surface area contributed by atoms with E-state index in [1.807, 2.05) is 44.2 Å². The first-order valence-corrected chi connectivity index (χ1v) is 11.9. The van der Waals surface area contributed by atoms with Gasteiger partial charge >= 0.3 is 0 Å². The highest BCUT2D eigenvalue weighted by molar-refractivity contribution is 5.91. The van der Waals surface area contributed by atoms with Crippen molar-refractivity contribution in [3.05, 3.63) is 59.2 Å². The molecular weight excluding hydrogens is 410 g/mol. The van der Waals surface area contributed by atoms with Crippen LogP contribution in [0.4, 0.5) is 5.69 Å². The molecule has 4 heteroatoms. The fraction of sp³-hybridized carbons (Fsp3) is 0.483. The minimum absolute atomic E-state index is 0.0431. The molecule has 180 valence electrons. The van der Waals surface area contributed by atoms with Crippen LogP contribution in [0.15, 0.2) is 36.9 Å². The molecule has 0 aromatic heterocycles. The lowest BCUT2D eigenvalue weighted by molar-refractivity contribution is -0.116. The number of amides is 1. The van der Waals surface area contributed by atoms with Crippen molar-refractivity contribution in [3.63, 3.8) is 0 Å². The van der Waals surface area contributed by atoms with Crippen molar-refractivity contribution in [2.24, 2.45) is 5.92 Å². The Hall–Kier alpha value is -2.75. The summed E-state index contributed by atoms with van der Waals surface area (Å²) in [5.74, 6) is 1.67. The average molecular weight is 452 g/mol. The normalized spacial score (nSPS) is 12.5. The summed E-state index contributed by atoms with van der Waals surface area (Å²) in [5, 5.41) is 13.7. The maximum Gasteiger partial charge on any atom is 0.224 e. The highest BCUT2D eigenvalue weighted by atomic mass is 16.5. The van der Waals surface area contributed by atoms with Crippen LogP contribution >= 0.6 is 0 Å². The minimum Gasteiger partial charge on any atom is -0.507 e. The second-order valence-corrected chi connectivity index (χ2v) is 10.7. The van der Waals surface area contributed by atoms with Crippen LogP contribution < -0.4 is 10.1 Å². The molecule has 0 saturated heterocycles. The van der Waals surface area contributed by atoms with Crippen LogP contribution in [-0.2, 0) is 16.6 Å². The number of aromatic hydroxyl groups is 1. The van der Waals surface area contributed by atoms with E-state index in [1.54, 1.807) is 0 Å². The lowest BCUT2D eigenvalue weighted by atomic mass is 9.82. The Morgan fingerprint density at radius 2 is 1.82 bits per heavy atom. The Labute approximate surface area is 200 Å². The number of rotatable bonds is 9. The van der Waals surface area contributed by atoms with Crippen molar-refractivity contribution in [1.29, 1.82) is 0 Å². The quantitative estimate of drug-likeness (QED) is 0.417. The Morgan fingerprint density at radius 1 is 1.15 bits per heavy atom. The van der Waals surface area contributed by atoms with E-state index in [4.69, 9.17) is 4.74 Å². The molecule has 2 aromatic rings. The summed E-state index contributed by atoms with van der Waals surface area (Å²) >= 11 is 0. The van der Waals surface area contributed by atoms with E-state index in [1.165, 1.54) is 0 Å². The summed E-state index contributed by atoms with van der Waals surface area (Å²) in [7, 11) is 0. The first-order valence-electron chi connectivity index (χ1n) is 11.9. The molecule has 4 nitrogen and oxygen atoms in total. The number of benzene rings is 2. The predicted molar refractivity (Wildman–Crippen MR) is 139 cm³/mol. The van der Waals surface area contributed by atoms with E-state index in [0.717, 1.165) is 45.7 Å². The molecule has 1 unspecified atom stereocenters. The van der Waals surface area contributed by atoms with Crippen LogP contribution in [0.1, 0.15) is 83.6 Å². The topological polar surface area (TPSA) is 58.6 Å². The molecule has 2 rings (SSSR count). The zero-order valence-electron chi connectivity index (χ0n) is 21.6. The molecule has 0 fully saturated rings. The molecule has 2 aromatic carbocycles. The monoisotopic (exact) mass is 451 g/mol. The SMILES string of the molecule is C=C(C)c1cc(CCC(=O)Nc2ccc(OC(C)CC(C)C)c(C)c2)cc(C(C)(C)C)c1O. The fourth-order valence-electron chi connectivity index (χ4n) is 4.01. The van der Waals surface area contributed by atoms with Gasteiger partial charge in [0.2, 0.25) is 5.91 Å². The Morgan fingerprint density at radius 3 is 2.36 bits per heavy atom. The van der Waals surface area contributed by atoms with E-state index in [2.05, 4.69) is 53.4 Å². The van der Waals surface area contributed by atoms with Crippen molar-refractivity contribution >= 4 is 17.2 Å². The number of nitrogens with one attached hydrogen (secondary N) is 1. The first-order chi connectivity index (χ1) is 15.3. The molecule has 0 saturated carbocycles. The molecule has 0 radical (unpaired) electrons. The van der Waals surface area contributed by atoms with Gasteiger partial charge in [0, 0.05) is 23.2 Å². The van der Waals surface area contributed by atoms with E-state index in [0.29, 0.717) is 18.8 Å². The van der Waals surface area contributed by atoms with Gasteiger partial charge in [0.05, 0.1) is 6.10 Å². The molecule has 0 aliphatic carbocycles. The van der Waals surface area contributed by atoms with Gasteiger partial charge in [-0.2, -0.15) is 0 Å². The first kappa shape index (κ1) is 26.5. The zero-order valence-corrected chi connectivity index (χ0v) is 21.6. The van der Waals surface area contributed by atoms with Crippen LogP contribution in [0, 0.1) is 12.8 Å². The maximum absolute atomic E-state index is 12.6. The molecule has 2 N–H and O–H groups in total. The third-order valence-electron chi connectivity index (χ3n) is 5.67. The number of ether oxygens (including phenoxy) is 1. The summed E-state index contributed by atoms with van der Waals surface area (Å²) in [5.41, 5.74) is 5.01. The number of allylic oxidation sites excluding steroid dienone is 1. The highest BCUT2D eigenvalue weighted by Crippen LogP contribution is 2.37. The van der Waals surface area contributed by atoms with Crippen molar-refractivity contribution in [2.45, 2.75) is 86.2 Å². The minimum atomic E-state index is -0.208. The van der Waals surface area contributed by atoms with Gasteiger partial charge < -0.3 is 15.2 Å². The van der Waals surface area contributed by atoms with Gasteiger partial charge in [-0.15, -0.1) is 0 Å². The van der Waals surface area contributed by atoms with Gasteiger partial charge in [0.1, 0.15) is 11.5 Å². The number of aryl methyl sites for hydroxylation is 2. The van der Waals surface area contributed by atoms with Gasteiger partial charge in [-0.05, 0) is 85.9 Å². The average Bonchev–Trinajstić information content (AvgIpc) is 2.67. The Kier molecular flexibility index (Phi) is 8.76. The highest BCUT2D eigenvalue weighted by Gasteiger charge is 2.22. The number of phenols is 1. The molecule has 1 amide bonds. The molecule has 0 spiro atoms. The predicted octanol–water partition coefficient (Wildman–Crippen LogP) is 7.42. The summed E-state index contributed by atoms with van der Waals surface area (Å²) in [4.78, 5) is 12.6. The van der Waals surface area contributed by atoms with E-state index in [-0.39, 0.29) is 23.2 Å². The zero-order chi connectivity index (χ0) is 24.9. The number of phenolic OH excluding ortho intramolecular Hbond substituents is 1. The number of carbonyl (C=O) groups is 1. The largest absolute Gasteiger partial charge is 0.507 e. The Balaban J connectivity index is 2.06. The Bertz CT molecular complexity index is 999. The van der Waals surface area contributed by atoms with Crippen LogP contribution in [0.2, 0.25) is 0 Å². The van der Waals surface area contributed by atoms with Crippen LogP contribution in [0.5, 0.6) is 11.5 Å². The summed E-state index contributed by atoms with van der Waals surface area (Å²) in [6, 6.07) is 9.71. The van der Waals surface area contributed by atoms with E-state index >= 15 is 0 Å². The van der Waals surface area contributed by atoms with Gasteiger partial charge in [-0.1, -0.05) is 47.3 Å². The van der Waals surface area contributed by atoms with E-state index < -0.39 is 0 Å². The number of hydrogen-bond donors (Lipinski definition) is 2. The molecule has 0 heterocycles. The van der Waals surface area contributed by atoms with Gasteiger partial charge in [0.25, 0.3) is 0 Å². The molecular formula is C29H41NO3. The maximum atomic E-state index is 12.6. The summed E-state index contributed by atoms with van der Waals surface area (Å²) < 4.78 is 6.06. The second-order valence-electron chi connectivity index (χ2n) is 10.7.